The highest BCUT2D eigenvalue weighted by molar-refractivity contribution is 6.43. The van der Waals surface area contributed by atoms with Gasteiger partial charge in [-0.2, -0.15) is 4.39 Å². The Labute approximate surface area is 185 Å². The van der Waals surface area contributed by atoms with Crippen LogP contribution in [0, 0.1) is 12.9 Å². The number of halogens is 3. The fourth-order valence-corrected chi connectivity index (χ4v) is 4.47. The van der Waals surface area contributed by atoms with Crippen molar-refractivity contribution in [3.05, 3.63) is 87.4 Å². The minimum Gasteiger partial charge on any atom is -0.508 e. The molecule has 0 saturated carbocycles. The topological polar surface area (TPSA) is 39.6 Å². The summed E-state index contributed by atoms with van der Waals surface area (Å²) in [5.74, 6) is -0.295. The zero-order valence-electron chi connectivity index (χ0n) is 16.5. The van der Waals surface area contributed by atoms with Crippen LogP contribution < -0.4 is 4.90 Å². The zero-order valence-corrected chi connectivity index (χ0v) is 18.0. The van der Waals surface area contributed by atoms with E-state index in [1.54, 1.807) is 25.1 Å². The van der Waals surface area contributed by atoms with Crippen molar-refractivity contribution in [2.24, 2.45) is 0 Å². The van der Waals surface area contributed by atoms with Crippen LogP contribution in [-0.4, -0.2) is 41.2 Å². The Morgan fingerprint density at radius 3 is 2.43 bits per heavy atom. The number of rotatable bonds is 4. The molecule has 0 spiro atoms. The third-order valence-electron chi connectivity index (χ3n) is 5.66. The molecule has 1 aliphatic heterocycles. The van der Waals surface area contributed by atoms with Crippen molar-refractivity contribution in [2.75, 3.05) is 31.1 Å². The molecule has 2 aromatic carbocycles. The van der Waals surface area contributed by atoms with Crippen molar-refractivity contribution in [1.29, 1.82) is 0 Å². The summed E-state index contributed by atoms with van der Waals surface area (Å²) >= 11 is 12.6. The van der Waals surface area contributed by atoms with E-state index in [-0.39, 0.29) is 11.8 Å². The number of pyridine rings is 1. The lowest BCUT2D eigenvalue weighted by Crippen LogP contribution is -2.48. The maximum Gasteiger partial charge on any atom is 0.216 e. The molecular formula is C23H22Cl2FN3O. The van der Waals surface area contributed by atoms with Gasteiger partial charge in [-0.1, -0.05) is 47.5 Å². The second-order valence-electron chi connectivity index (χ2n) is 7.37. The number of anilines is 1. The molecule has 1 N–H and O–H groups in total. The Balaban J connectivity index is 1.65. The Kier molecular flexibility index (Phi) is 6.14. The van der Waals surface area contributed by atoms with E-state index < -0.39 is 5.95 Å². The summed E-state index contributed by atoms with van der Waals surface area (Å²) in [7, 11) is 0. The number of phenolic OH excluding ortho intramolecular Hbond substituents is 1. The molecule has 30 heavy (non-hydrogen) atoms. The second-order valence-corrected chi connectivity index (χ2v) is 8.16. The van der Waals surface area contributed by atoms with E-state index in [4.69, 9.17) is 23.2 Å². The molecule has 1 saturated heterocycles. The van der Waals surface area contributed by atoms with Gasteiger partial charge in [-0.25, -0.2) is 4.98 Å². The summed E-state index contributed by atoms with van der Waals surface area (Å²) in [6.45, 7) is 4.62. The predicted octanol–water partition coefficient (Wildman–Crippen LogP) is 5.45. The van der Waals surface area contributed by atoms with Gasteiger partial charge in [0.15, 0.2) is 0 Å². The number of hydrogen-bond acceptors (Lipinski definition) is 4. The molecule has 4 rings (SSSR count). The Bertz CT molecular complexity index is 1050. The van der Waals surface area contributed by atoms with E-state index in [1.165, 1.54) is 6.20 Å². The van der Waals surface area contributed by atoms with E-state index in [0.717, 1.165) is 29.9 Å². The Morgan fingerprint density at radius 1 is 0.967 bits per heavy atom. The maximum absolute atomic E-state index is 14.3. The van der Waals surface area contributed by atoms with Crippen molar-refractivity contribution in [1.82, 2.24) is 9.88 Å². The first-order chi connectivity index (χ1) is 14.5. The van der Waals surface area contributed by atoms with Gasteiger partial charge in [-0.05, 0) is 36.8 Å². The van der Waals surface area contributed by atoms with Crippen molar-refractivity contribution >= 4 is 28.9 Å². The van der Waals surface area contributed by atoms with Crippen molar-refractivity contribution in [2.45, 2.75) is 13.0 Å². The number of phenols is 1. The number of piperazine rings is 1. The monoisotopic (exact) mass is 445 g/mol. The third kappa shape index (κ3) is 3.97. The summed E-state index contributed by atoms with van der Waals surface area (Å²) < 4.78 is 14.3. The van der Waals surface area contributed by atoms with Crippen LogP contribution in [0.4, 0.5) is 10.1 Å². The van der Waals surface area contributed by atoms with Gasteiger partial charge in [-0.15, -0.1) is 0 Å². The first-order valence-corrected chi connectivity index (χ1v) is 10.5. The average Bonchev–Trinajstić information content (AvgIpc) is 2.75. The van der Waals surface area contributed by atoms with Gasteiger partial charge in [-0.3, -0.25) is 4.90 Å². The van der Waals surface area contributed by atoms with Crippen LogP contribution in [0.2, 0.25) is 10.0 Å². The van der Waals surface area contributed by atoms with E-state index >= 15 is 0 Å². The molecule has 0 aliphatic carbocycles. The smallest absolute Gasteiger partial charge is 0.216 e. The molecule has 3 aromatic rings. The number of aromatic hydroxyl groups is 1. The fourth-order valence-electron chi connectivity index (χ4n) is 4.06. The van der Waals surface area contributed by atoms with Gasteiger partial charge < -0.3 is 10.0 Å². The highest BCUT2D eigenvalue weighted by Crippen LogP contribution is 2.38. The highest BCUT2D eigenvalue weighted by atomic mass is 35.5. The molecule has 1 aliphatic rings. The summed E-state index contributed by atoms with van der Waals surface area (Å²) in [6, 6.07) is 14.4. The number of para-hydroxylation sites is 1. The van der Waals surface area contributed by atoms with Gasteiger partial charge in [0.05, 0.1) is 21.8 Å². The minimum absolute atomic E-state index is 0.194. The quantitative estimate of drug-likeness (QED) is 0.541. The third-order valence-corrected chi connectivity index (χ3v) is 6.47. The summed E-state index contributed by atoms with van der Waals surface area (Å²) in [5, 5.41) is 11.6. The lowest BCUT2D eigenvalue weighted by Gasteiger charge is -2.41. The Morgan fingerprint density at radius 2 is 1.70 bits per heavy atom. The summed E-state index contributed by atoms with van der Waals surface area (Å²) in [4.78, 5) is 8.23. The van der Waals surface area contributed by atoms with E-state index in [2.05, 4.69) is 14.8 Å². The molecule has 2 heterocycles. The van der Waals surface area contributed by atoms with Crippen molar-refractivity contribution in [3.8, 4) is 5.75 Å². The number of nitrogens with zero attached hydrogens (tertiary/aromatic N) is 3. The van der Waals surface area contributed by atoms with Gasteiger partial charge in [0.1, 0.15) is 5.75 Å². The lowest BCUT2D eigenvalue weighted by atomic mass is 9.93. The molecule has 0 bridgehead atoms. The van der Waals surface area contributed by atoms with Gasteiger partial charge >= 0.3 is 0 Å². The maximum atomic E-state index is 14.3. The molecule has 1 atom stereocenters. The SMILES string of the molecule is Cc1c(C(c2ccccc2O)N2CCN(c3cccc(Cl)c3Cl)CC2)ccnc1F. The van der Waals surface area contributed by atoms with Crippen LogP contribution in [0.25, 0.3) is 0 Å². The standard InChI is InChI=1S/C23H22Cl2FN3O/c1-15-16(9-10-27-23(15)26)22(17-5-2-3-8-20(17)30)29-13-11-28(12-14-29)19-7-4-6-18(24)21(19)25/h2-10,22,30H,11-14H2,1H3. The van der Waals surface area contributed by atoms with Crippen molar-refractivity contribution in [3.63, 3.8) is 0 Å². The molecule has 1 aromatic heterocycles. The Hall–Kier alpha value is -2.34. The molecule has 7 heteroatoms. The predicted molar refractivity (Wildman–Crippen MR) is 119 cm³/mol. The van der Waals surface area contributed by atoms with Gasteiger partial charge in [0.25, 0.3) is 0 Å². The first-order valence-electron chi connectivity index (χ1n) is 9.79. The van der Waals surface area contributed by atoms with Crippen LogP contribution in [0.5, 0.6) is 5.75 Å². The second kappa shape index (κ2) is 8.80. The summed E-state index contributed by atoms with van der Waals surface area (Å²) in [6.07, 6.45) is 1.48. The molecule has 1 unspecified atom stereocenters. The molecule has 0 radical (unpaired) electrons. The lowest BCUT2D eigenvalue weighted by molar-refractivity contribution is 0.208. The van der Waals surface area contributed by atoms with Gasteiger partial charge in [0, 0.05) is 43.5 Å². The van der Waals surface area contributed by atoms with Crippen LogP contribution in [-0.2, 0) is 0 Å². The summed E-state index contributed by atoms with van der Waals surface area (Å²) in [5.41, 5.74) is 2.96. The minimum atomic E-state index is -0.489. The normalized spacial score (nSPS) is 15.9. The average molecular weight is 446 g/mol. The number of benzene rings is 2. The molecular weight excluding hydrogens is 424 g/mol. The van der Waals surface area contributed by atoms with Crippen LogP contribution >= 0.6 is 23.2 Å². The van der Waals surface area contributed by atoms with Crippen LogP contribution in [0.3, 0.4) is 0 Å². The highest BCUT2D eigenvalue weighted by Gasteiger charge is 2.30. The molecule has 4 nitrogen and oxygen atoms in total. The molecule has 0 amide bonds. The number of hydrogen-bond donors (Lipinski definition) is 1. The number of aromatic nitrogens is 1. The van der Waals surface area contributed by atoms with Crippen LogP contribution in [0.15, 0.2) is 54.7 Å². The van der Waals surface area contributed by atoms with Crippen LogP contribution in [0.1, 0.15) is 22.7 Å². The fraction of sp³-hybridized carbons (Fsp3) is 0.261. The van der Waals surface area contributed by atoms with Crippen molar-refractivity contribution < 1.29 is 9.50 Å². The largest absolute Gasteiger partial charge is 0.508 e. The molecule has 1 fully saturated rings. The first kappa shape index (κ1) is 20.9. The van der Waals surface area contributed by atoms with E-state index in [9.17, 15) is 9.50 Å². The van der Waals surface area contributed by atoms with E-state index in [0.29, 0.717) is 28.7 Å². The van der Waals surface area contributed by atoms with Gasteiger partial charge in [0.2, 0.25) is 5.95 Å². The van der Waals surface area contributed by atoms with E-state index in [1.807, 2.05) is 30.3 Å². The zero-order chi connectivity index (χ0) is 21.3. The molecule has 156 valence electrons.